The van der Waals surface area contributed by atoms with Gasteiger partial charge in [-0.05, 0) is 32.7 Å². The second kappa shape index (κ2) is 6.08. The molecule has 4 nitrogen and oxygen atoms in total. The highest BCUT2D eigenvalue weighted by Gasteiger charge is 2.21. The molecule has 0 saturated heterocycles. The highest BCUT2D eigenvalue weighted by atomic mass is 16.5. The Morgan fingerprint density at radius 1 is 1.47 bits per heavy atom. The van der Waals surface area contributed by atoms with Crippen molar-refractivity contribution < 1.29 is 9.53 Å². The van der Waals surface area contributed by atoms with Gasteiger partial charge in [-0.2, -0.15) is 0 Å². The summed E-state index contributed by atoms with van der Waals surface area (Å²) in [4.78, 5) is 11.1. The molecule has 4 heteroatoms. The second-order valence-corrected chi connectivity index (χ2v) is 4.79. The van der Waals surface area contributed by atoms with Crippen LogP contribution in [0.4, 0.5) is 0 Å². The van der Waals surface area contributed by atoms with Crippen molar-refractivity contribution in [2.75, 3.05) is 13.7 Å². The van der Waals surface area contributed by atoms with E-state index >= 15 is 0 Å². The molecule has 0 rings (SSSR count). The second-order valence-electron chi connectivity index (χ2n) is 4.79. The molecule has 0 aliphatic heterocycles. The highest BCUT2D eigenvalue weighted by molar-refractivity contribution is 5.80. The van der Waals surface area contributed by atoms with Crippen molar-refractivity contribution in [3.05, 3.63) is 0 Å². The average molecular weight is 216 g/mol. The largest absolute Gasteiger partial charge is 0.379 e. The quantitative estimate of drug-likeness (QED) is 0.664. The standard InChI is InChI=1S/C11H24N2O2/c1-8(2)9(10(12)14)13-7-6-11(3,4)15-5/h8-9,13H,6-7H2,1-5H3,(H2,12,14). The molecule has 0 spiro atoms. The lowest BCUT2D eigenvalue weighted by molar-refractivity contribution is -0.121. The molecular formula is C11H24N2O2. The molecule has 15 heavy (non-hydrogen) atoms. The smallest absolute Gasteiger partial charge is 0.234 e. The van der Waals surface area contributed by atoms with Crippen LogP contribution in [0.1, 0.15) is 34.1 Å². The van der Waals surface area contributed by atoms with Gasteiger partial charge in [0.2, 0.25) is 5.91 Å². The minimum Gasteiger partial charge on any atom is -0.379 e. The molecule has 3 N–H and O–H groups in total. The first kappa shape index (κ1) is 14.4. The van der Waals surface area contributed by atoms with Gasteiger partial charge in [0, 0.05) is 7.11 Å². The van der Waals surface area contributed by atoms with Gasteiger partial charge in [0.25, 0.3) is 0 Å². The van der Waals surface area contributed by atoms with Gasteiger partial charge >= 0.3 is 0 Å². The van der Waals surface area contributed by atoms with Crippen LogP contribution < -0.4 is 11.1 Å². The molecule has 0 saturated carbocycles. The van der Waals surface area contributed by atoms with Crippen LogP contribution in [-0.2, 0) is 9.53 Å². The summed E-state index contributed by atoms with van der Waals surface area (Å²) in [7, 11) is 1.69. The number of rotatable bonds is 7. The molecular weight excluding hydrogens is 192 g/mol. The van der Waals surface area contributed by atoms with E-state index in [4.69, 9.17) is 10.5 Å². The van der Waals surface area contributed by atoms with Crippen LogP contribution in [0.15, 0.2) is 0 Å². The summed E-state index contributed by atoms with van der Waals surface area (Å²) in [6.07, 6.45) is 0.847. The lowest BCUT2D eigenvalue weighted by Gasteiger charge is -2.25. The summed E-state index contributed by atoms with van der Waals surface area (Å²) in [6, 6.07) is -0.252. The minimum atomic E-state index is -0.291. The van der Waals surface area contributed by atoms with Crippen molar-refractivity contribution in [3.8, 4) is 0 Å². The van der Waals surface area contributed by atoms with E-state index in [1.807, 2.05) is 27.7 Å². The van der Waals surface area contributed by atoms with Crippen molar-refractivity contribution in [1.82, 2.24) is 5.32 Å². The van der Waals surface area contributed by atoms with Crippen molar-refractivity contribution >= 4 is 5.91 Å². The fourth-order valence-electron chi connectivity index (χ4n) is 1.30. The molecule has 0 aromatic heterocycles. The molecule has 0 bridgehead atoms. The Labute approximate surface area is 92.6 Å². The predicted octanol–water partition coefficient (Wildman–Crippen LogP) is 0.901. The van der Waals surface area contributed by atoms with E-state index in [0.717, 1.165) is 13.0 Å². The molecule has 0 aromatic carbocycles. The van der Waals surface area contributed by atoms with Crippen LogP contribution in [0.25, 0.3) is 0 Å². The first-order valence-corrected chi connectivity index (χ1v) is 5.38. The maximum Gasteiger partial charge on any atom is 0.234 e. The topological polar surface area (TPSA) is 64.3 Å². The Hall–Kier alpha value is -0.610. The third-order valence-electron chi connectivity index (χ3n) is 2.62. The van der Waals surface area contributed by atoms with Crippen LogP contribution in [0, 0.1) is 5.92 Å². The molecule has 0 aliphatic carbocycles. The number of nitrogens with one attached hydrogen (secondary N) is 1. The molecule has 0 fully saturated rings. The lowest BCUT2D eigenvalue weighted by Crippen LogP contribution is -2.46. The zero-order chi connectivity index (χ0) is 12.1. The van der Waals surface area contributed by atoms with Gasteiger partial charge in [-0.15, -0.1) is 0 Å². The van der Waals surface area contributed by atoms with E-state index in [2.05, 4.69) is 5.32 Å². The van der Waals surface area contributed by atoms with E-state index in [0.29, 0.717) is 0 Å². The number of amides is 1. The number of carbonyl (C=O) groups is 1. The monoisotopic (exact) mass is 216 g/mol. The van der Waals surface area contributed by atoms with Crippen molar-refractivity contribution in [2.24, 2.45) is 11.7 Å². The molecule has 0 aromatic rings. The van der Waals surface area contributed by atoms with Crippen LogP contribution >= 0.6 is 0 Å². The van der Waals surface area contributed by atoms with Gasteiger partial charge in [0.1, 0.15) is 0 Å². The van der Waals surface area contributed by atoms with Crippen LogP contribution in [-0.4, -0.2) is 31.2 Å². The summed E-state index contributed by atoms with van der Waals surface area (Å²) in [5.41, 5.74) is 5.13. The number of nitrogens with two attached hydrogens (primary N) is 1. The number of primary amides is 1. The Bertz CT molecular complexity index is 203. The van der Waals surface area contributed by atoms with Gasteiger partial charge in [0.15, 0.2) is 0 Å². The van der Waals surface area contributed by atoms with Crippen molar-refractivity contribution in [2.45, 2.75) is 45.8 Å². The first-order chi connectivity index (χ1) is 6.80. The fraction of sp³-hybridized carbons (Fsp3) is 0.909. The Kier molecular flexibility index (Phi) is 5.83. The maximum absolute atomic E-state index is 11.1. The number of ether oxygens (including phenoxy) is 1. The van der Waals surface area contributed by atoms with Crippen LogP contribution in [0.3, 0.4) is 0 Å². The van der Waals surface area contributed by atoms with Gasteiger partial charge in [-0.25, -0.2) is 0 Å². The molecule has 0 heterocycles. The zero-order valence-electron chi connectivity index (χ0n) is 10.5. The maximum atomic E-state index is 11.1. The lowest BCUT2D eigenvalue weighted by atomic mass is 10.0. The molecule has 1 unspecified atom stereocenters. The summed E-state index contributed by atoms with van der Waals surface area (Å²) in [5, 5.41) is 3.15. The van der Waals surface area contributed by atoms with E-state index in [-0.39, 0.29) is 23.5 Å². The van der Waals surface area contributed by atoms with Crippen molar-refractivity contribution in [3.63, 3.8) is 0 Å². The summed E-state index contributed by atoms with van der Waals surface area (Å²) >= 11 is 0. The number of hydrogen-bond donors (Lipinski definition) is 2. The van der Waals surface area contributed by atoms with Crippen LogP contribution in [0.5, 0.6) is 0 Å². The average Bonchev–Trinajstić information content (AvgIpc) is 2.11. The summed E-state index contributed by atoms with van der Waals surface area (Å²) < 4.78 is 5.28. The Morgan fingerprint density at radius 2 is 2.00 bits per heavy atom. The highest BCUT2D eigenvalue weighted by Crippen LogP contribution is 2.12. The molecule has 0 aliphatic rings. The van der Waals surface area contributed by atoms with E-state index in [1.165, 1.54) is 0 Å². The van der Waals surface area contributed by atoms with E-state index in [1.54, 1.807) is 7.11 Å². The third-order valence-corrected chi connectivity index (χ3v) is 2.62. The molecule has 0 radical (unpaired) electrons. The van der Waals surface area contributed by atoms with Gasteiger partial charge < -0.3 is 15.8 Å². The number of hydrogen-bond acceptors (Lipinski definition) is 3. The van der Waals surface area contributed by atoms with Gasteiger partial charge in [-0.3, -0.25) is 4.79 Å². The fourth-order valence-corrected chi connectivity index (χ4v) is 1.30. The van der Waals surface area contributed by atoms with E-state index < -0.39 is 0 Å². The number of methoxy groups -OCH3 is 1. The predicted molar refractivity (Wildman–Crippen MR) is 61.5 cm³/mol. The SMILES string of the molecule is COC(C)(C)CCNC(C(N)=O)C(C)C. The minimum absolute atomic E-state index is 0.161. The van der Waals surface area contributed by atoms with Crippen LogP contribution in [0.2, 0.25) is 0 Å². The molecule has 90 valence electrons. The summed E-state index contributed by atoms with van der Waals surface area (Å²) in [6.45, 7) is 8.72. The zero-order valence-corrected chi connectivity index (χ0v) is 10.5. The Morgan fingerprint density at radius 3 is 2.33 bits per heavy atom. The normalized spacial score (nSPS) is 14.3. The van der Waals surface area contributed by atoms with Gasteiger partial charge in [-0.1, -0.05) is 13.8 Å². The molecule has 1 atom stereocenters. The van der Waals surface area contributed by atoms with E-state index in [9.17, 15) is 4.79 Å². The third kappa shape index (κ3) is 5.74. The van der Waals surface area contributed by atoms with Crippen molar-refractivity contribution in [1.29, 1.82) is 0 Å². The molecule has 1 amide bonds. The van der Waals surface area contributed by atoms with Gasteiger partial charge in [0.05, 0.1) is 11.6 Å². The Balaban J connectivity index is 3.97. The number of carbonyl (C=O) groups excluding carboxylic acids is 1. The summed E-state index contributed by atoms with van der Waals surface area (Å²) in [5.74, 6) is -0.0756. The first-order valence-electron chi connectivity index (χ1n) is 5.38.